The van der Waals surface area contributed by atoms with Crippen LogP contribution in [-0.4, -0.2) is 16.7 Å². The summed E-state index contributed by atoms with van der Waals surface area (Å²) in [7, 11) is 0. The molecule has 78 valence electrons. The minimum Gasteiger partial charge on any atom is -0.388 e. The van der Waals surface area contributed by atoms with E-state index in [2.05, 4.69) is 4.98 Å². The molecule has 0 saturated heterocycles. The van der Waals surface area contributed by atoms with Crippen molar-refractivity contribution in [2.75, 3.05) is 6.61 Å². The Bertz CT molecular complexity index is 311. The van der Waals surface area contributed by atoms with Gasteiger partial charge in [-0.05, 0) is 26.2 Å². The van der Waals surface area contributed by atoms with Crippen LogP contribution in [0.15, 0.2) is 0 Å². The van der Waals surface area contributed by atoms with Crippen LogP contribution < -0.4 is 0 Å². The van der Waals surface area contributed by atoms with Crippen molar-refractivity contribution in [3.8, 4) is 0 Å². The van der Waals surface area contributed by atoms with E-state index in [0.29, 0.717) is 13.2 Å². The Morgan fingerprint density at radius 1 is 1.64 bits per heavy atom. The maximum atomic E-state index is 9.73. The van der Waals surface area contributed by atoms with Crippen LogP contribution in [0.4, 0.5) is 0 Å². The number of thiazole rings is 1. The molecule has 0 spiro atoms. The summed E-state index contributed by atoms with van der Waals surface area (Å²) in [6.45, 7) is 3.27. The summed E-state index contributed by atoms with van der Waals surface area (Å²) < 4.78 is 5.30. The Kier molecular flexibility index (Phi) is 3.15. The number of aliphatic hydroxyl groups is 1. The molecule has 4 heteroatoms. The maximum Gasteiger partial charge on any atom is 0.119 e. The van der Waals surface area contributed by atoms with Gasteiger partial charge in [-0.3, -0.25) is 0 Å². The van der Waals surface area contributed by atoms with Crippen LogP contribution in [0.5, 0.6) is 0 Å². The molecule has 1 heterocycles. The van der Waals surface area contributed by atoms with Crippen LogP contribution in [0.1, 0.15) is 41.4 Å². The summed E-state index contributed by atoms with van der Waals surface area (Å²) in [4.78, 5) is 5.53. The third kappa shape index (κ3) is 1.97. The lowest BCUT2D eigenvalue weighted by atomic mass is 10.0. The molecule has 1 aromatic rings. The second kappa shape index (κ2) is 4.38. The number of aliphatic hydroxyl groups excluding tert-OH is 1. The molecule has 0 saturated carbocycles. The van der Waals surface area contributed by atoms with Crippen LogP contribution in [0.25, 0.3) is 0 Å². The molecule has 1 atom stereocenters. The van der Waals surface area contributed by atoms with Crippen molar-refractivity contribution in [3.05, 3.63) is 15.6 Å². The van der Waals surface area contributed by atoms with Crippen LogP contribution in [0.3, 0.4) is 0 Å². The zero-order chi connectivity index (χ0) is 9.97. The molecule has 0 amide bonds. The van der Waals surface area contributed by atoms with E-state index in [4.69, 9.17) is 4.74 Å². The molecule has 0 aliphatic heterocycles. The van der Waals surface area contributed by atoms with E-state index in [1.165, 1.54) is 0 Å². The number of hydrogen-bond donors (Lipinski definition) is 1. The highest BCUT2D eigenvalue weighted by molar-refractivity contribution is 7.11. The van der Waals surface area contributed by atoms with Crippen LogP contribution >= 0.6 is 11.3 Å². The molecule has 1 N–H and O–H groups in total. The van der Waals surface area contributed by atoms with Gasteiger partial charge in [-0.2, -0.15) is 0 Å². The van der Waals surface area contributed by atoms with Gasteiger partial charge < -0.3 is 9.84 Å². The smallest absolute Gasteiger partial charge is 0.119 e. The van der Waals surface area contributed by atoms with E-state index in [1.54, 1.807) is 11.3 Å². The molecule has 2 rings (SSSR count). The molecule has 3 nitrogen and oxygen atoms in total. The second-order valence-electron chi connectivity index (χ2n) is 3.46. The molecular formula is C10H15NO2S. The van der Waals surface area contributed by atoms with E-state index in [9.17, 15) is 5.11 Å². The Morgan fingerprint density at radius 2 is 2.50 bits per heavy atom. The number of hydrogen-bond acceptors (Lipinski definition) is 4. The molecule has 14 heavy (non-hydrogen) atoms. The first-order valence-corrected chi connectivity index (χ1v) is 5.87. The normalized spacial score (nSPS) is 20.9. The van der Waals surface area contributed by atoms with Gasteiger partial charge in [0, 0.05) is 6.61 Å². The van der Waals surface area contributed by atoms with Crippen molar-refractivity contribution < 1.29 is 9.84 Å². The molecule has 0 fully saturated rings. The number of aryl methyl sites for hydroxylation is 1. The Hall–Kier alpha value is -0.450. The van der Waals surface area contributed by atoms with E-state index in [0.717, 1.165) is 34.8 Å². The fourth-order valence-electron chi connectivity index (χ4n) is 1.70. The Morgan fingerprint density at radius 3 is 3.21 bits per heavy atom. The van der Waals surface area contributed by atoms with Gasteiger partial charge in [0.05, 0.1) is 23.3 Å². The lowest BCUT2D eigenvalue weighted by Gasteiger charge is -2.14. The topological polar surface area (TPSA) is 42.4 Å². The third-order valence-corrected chi connectivity index (χ3v) is 3.57. The highest BCUT2D eigenvalue weighted by atomic mass is 32.1. The summed E-state index contributed by atoms with van der Waals surface area (Å²) in [6, 6.07) is 0. The van der Waals surface area contributed by atoms with Crippen molar-refractivity contribution in [2.24, 2.45) is 0 Å². The number of ether oxygens (including phenoxy) is 1. The molecular weight excluding hydrogens is 198 g/mol. The Labute approximate surface area is 87.7 Å². The average molecular weight is 213 g/mol. The van der Waals surface area contributed by atoms with Gasteiger partial charge in [0.25, 0.3) is 0 Å². The van der Waals surface area contributed by atoms with Crippen molar-refractivity contribution in [1.29, 1.82) is 0 Å². The molecule has 1 aliphatic rings. The predicted octanol–water partition coefficient (Wildman–Crippen LogP) is 2.05. The SMILES string of the molecule is CCOCc1nc2c(s1)C(O)CCC2. The maximum absolute atomic E-state index is 9.73. The standard InChI is InChI=1S/C10H15NO2S/c1-2-13-6-9-11-7-4-3-5-8(12)10(7)14-9/h8,12H,2-6H2,1H3. The number of rotatable bonds is 3. The predicted molar refractivity (Wildman–Crippen MR) is 55.3 cm³/mol. The van der Waals surface area contributed by atoms with Gasteiger partial charge in [0.1, 0.15) is 5.01 Å². The van der Waals surface area contributed by atoms with Crippen LogP contribution in [0, 0.1) is 0 Å². The minimum absolute atomic E-state index is 0.286. The molecule has 1 unspecified atom stereocenters. The van der Waals surface area contributed by atoms with Gasteiger partial charge in [-0.15, -0.1) is 11.3 Å². The quantitative estimate of drug-likeness (QED) is 0.835. The van der Waals surface area contributed by atoms with E-state index >= 15 is 0 Å². The van der Waals surface area contributed by atoms with Crippen molar-refractivity contribution in [2.45, 2.75) is 38.9 Å². The second-order valence-corrected chi connectivity index (χ2v) is 4.58. The monoisotopic (exact) mass is 213 g/mol. The van der Waals surface area contributed by atoms with Crippen molar-refractivity contribution >= 4 is 11.3 Å². The molecule has 0 aromatic carbocycles. The first-order chi connectivity index (χ1) is 6.81. The summed E-state index contributed by atoms with van der Waals surface area (Å²) in [5, 5.41) is 10.7. The first-order valence-electron chi connectivity index (χ1n) is 5.05. The fraction of sp³-hybridized carbons (Fsp3) is 0.700. The molecule has 0 radical (unpaired) electrons. The number of fused-ring (bicyclic) bond motifs is 1. The summed E-state index contributed by atoms with van der Waals surface area (Å²) >= 11 is 1.60. The Balaban J connectivity index is 2.13. The van der Waals surface area contributed by atoms with Gasteiger partial charge >= 0.3 is 0 Å². The number of nitrogens with zero attached hydrogens (tertiary/aromatic N) is 1. The molecule has 1 aliphatic carbocycles. The summed E-state index contributed by atoms with van der Waals surface area (Å²) in [5.74, 6) is 0. The van der Waals surface area contributed by atoms with Crippen LogP contribution in [-0.2, 0) is 17.8 Å². The molecule has 0 bridgehead atoms. The van der Waals surface area contributed by atoms with Gasteiger partial charge in [0.15, 0.2) is 0 Å². The zero-order valence-corrected chi connectivity index (χ0v) is 9.14. The average Bonchev–Trinajstić information content (AvgIpc) is 2.59. The van der Waals surface area contributed by atoms with Gasteiger partial charge in [-0.1, -0.05) is 0 Å². The minimum atomic E-state index is -0.286. The van der Waals surface area contributed by atoms with Crippen molar-refractivity contribution in [3.63, 3.8) is 0 Å². The molecule has 1 aromatic heterocycles. The summed E-state index contributed by atoms with van der Waals surface area (Å²) in [5.41, 5.74) is 1.09. The fourth-order valence-corrected chi connectivity index (χ4v) is 2.77. The van der Waals surface area contributed by atoms with E-state index in [-0.39, 0.29) is 6.10 Å². The van der Waals surface area contributed by atoms with Gasteiger partial charge in [0.2, 0.25) is 0 Å². The number of aromatic nitrogens is 1. The highest BCUT2D eigenvalue weighted by Gasteiger charge is 2.22. The van der Waals surface area contributed by atoms with Crippen molar-refractivity contribution in [1.82, 2.24) is 4.98 Å². The summed E-state index contributed by atoms with van der Waals surface area (Å²) in [6.07, 6.45) is 2.65. The first kappa shape index (κ1) is 10.1. The van der Waals surface area contributed by atoms with Crippen LogP contribution in [0.2, 0.25) is 0 Å². The lowest BCUT2D eigenvalue weighted by Crippen LogP contribution is -2.06. The highest BCUT2D eigenvalue weighted by Crippen LogP contribution is 2.34. The van der Waals surface area contributed by atoms with Gasteiger partial charge in [-0.25, -0.2) is 4.98 Å². The largest absolute Gasteiger partial charge is 0.388 e. The van der Waals surface area contributed by atoms with E-state index < -0.39 is 0 Å². The lowest BCUT2D eigenvalue weighted by molar-refractivity contribution is 0.133. The third-order valence-electron chi connectivity index (χ3n) is 2.40. The zero-order valence-electron chi connectivity index (χ0n) is 8.32. The van der Waals surface area contributed by atoms with E-state index in [1.807, 2.05) is 6.92 Å².